The van der Waals surface area contributed by atoms with Crippen molar-refractivity contribution < 1.29 is 4.21 Å². The Morgan fingerprint density at radius 1 is 1.21 bits per heavy atom. The molecule has 4 aromatic rings. The zero-order chi connectivity index (χ0) is 27.6. The molecule has 1 aromatic carbocycles. The van der Waals surface area contributed by atoms with Crippen LogP contribution in [0.5, 0.6) is 0 Å². The van der Waals surface area contributed by atoms with Gasteiger partial charge in [0.25, 0.3) is 5.56 Å². The fourth-order valence-corrected chi connectivity index (χ4v) is 5.19. The maximum atomic E-state index is 13.2. The third-order valence-electron chi connectivity index (χ3n) is 6.46. The predicted octanol–water partition coefficient (Wildman–Crippen LogP) is 3.45. The van der Waals surface area contributed by atoms with Gasteiger partial charge in [0.1, 0.15) is 5.39 Å². The Morgan fingerprint density at radius 3 is 2.72 bits per heavy atom. The van der Waals surface area contributed by atoms with Crippen LogP contribution in [0, 0.1) is 0 Å². The smallest absolute Gasteiger partial charge is 0.278 e. The molecule has 1 saturated heterocycles. The van der Waals surface area contributed by atoms with Gasteiger partial charge in [-0.3, -0.25) is 4.79 Å². The van der Waals surface area contributed by atoms with Gasteiger partial charge in [0, 0.05) is 65.5 Å². The number of hydrogen-bond donors (Lipinski definition) is 2. The Kier molecular flexibility index (Phi) is 7.49. The van der Waals surface area contributed by atoms with Crippen LogP contribution in [0.15, 0.2) is 70.5 Å². The summed E-state index contributed by atoms with van der Waals surface area (Å²) in [4.78, 5) is 29.2. The third-order valence-corrected chi connectivity index (χ3v) is 7.09. The summed E-state index contributed by atoms with van der Waals surface area (Å²) in [7, 11) is -2.41. The largest absolute Gasteiger partial charge is 0.369 e. The minimum Gasteiger partial charge on any atom is -0.369 e. The molecule has 3 aromatic heterocycles. The van der Waals surface area contributed by atoms with Crippen LogP contribution >= 0.6 is 0 Å². The van der Waals surface area contributed by atoms with Crippen molar-refractivity contribution in [3.8, 4) is 5.82 Å². The van der Waals surface area contributed by atoms with Gasteiger partial charge in [-0.15, -0.1) is 6.58 Å². The highest BCUT2D eigenvalue weighted by molar-refractivity contribution is 7.92. The minimum atomic E-state index is -2.41. The summed E-state index contributed by atoms with van der Waals surface area (Å²) in [5, 5.41) is 7.15. The van der Waals surface area contributed by atoms with Crippen molar-refractivity contribution >= 4 is 43.9 Å². The van der Waals surface area contributed by atoms with Crippen LogP contribution in [0.25, 0.3) is 16.9 Å². The summed E-state index contributed by atoms with van der Waals surface area (Å²) in [6.07, 6.45) is 7.34. The lowest BCUT2D eigenvalue weighted by Gasteiger charge is -2.35. The molecule has 1 atom stereocenters. The molecule has 4 heterocycles. The molecular weight excluding hydrogens is 514 g/mol. The maximum absolute atomic E-state index is 13.2. The normalized spacial score (nSPS) is 15.9. The van der Waals surface area contributed by atoms with Crippen LogP contribution in [0.1, 0.15) is 13.3 Å². The molecule has 2 N–H and O–H groups in total. The molecule has 11 nitrogen and oxygen atoms in total. The average Bonchev–Trinajstić information content (AvgIpc) is 3.19. The van der Waals surface area contributed by atoms with E-state index in [1.54, 1.807) is 41.5 Å². The molecule has 1 aliphatic rings. The lowest BCUT2D eigenvalue weighted by atomic mass is 10.1. The van der Waals surface area contributed by atoms with E-state index in [1.807, 2.05) is 12.1 Å². The molecule has 1 fully saturated rings. The fourth-order valence-electron chi connectivity index (χ4n) is 4.63. The van der Waals surface area contributed by atoms with Crippen LogP contribution in [0.2, 0.25) is 0 Å². The molecule has 5 rings (SSSR count). The number of aromatic nitrogens is 5. The number of piperazine rings is 1. The fraction of sp³-hybridized carbons (Fsp3) is 0.333. The average molecular weight is 548 g/mol. The highest BCUT2D eigenvalue weighted by Crippen LogP contribution is 2.23. The first-order valence-corrected chi connectivity index (χ1v) is 15.2. The van der Waals surface area contributed by atoms with Gasteiger partial charge in [-0.2, -0.15) is 9.35 Å². The molecule has 204 valence electrons. The Morgan fingerprint density at radius 2 is 2.00 bits per heavy atom. The second-order valence-corrected chi connectivity index (χ2v) is 12.3. The summed E-state index contributed by atoms with van der Waals surface area (Å²) in [5.41, 5.74) is 2.13. The number of anilines is 3. The van der Waals surface area contributed by atoms with Crippen molar-refractivity contribution in [2.45, 2.75) is 25.9 Å². The topological polar surface area (TPSA) is 122 Å². The summed E-state index contributed by atoms with van der Waals surface area (Å²) in [6, 6.07) is 13.9. The molecule has 0 aliphatic carbocycles. The summed E-state index contributed by atoms with van der Waals surface area (Å²) in [6.45, 7) is 9.16. The van der Waals surface area contributed by atoms with Crippen molar-refractivity contribution in [1.82, 2.24) is 29.6 Å². The number of allylic oxidation sites excluding steroid dienone is 1. The number of benzene rings is 1. The number of hydrogen-bond acceptors (Lipinski definition) is 9. The molecule has 39 heavy (non-hydrogen) atoms. The lowest BCUT2D eigenvalue weighted by Crippen LogP contribution is -2.50. The minimum absolute atomic E-state index is 0.242. The number of nitrogens with one attached hydrogen (secondary N) is 2. The standard InChI is InChI=1S/C27H33N9O2S/c1-5-15-35-26(37)22-17-29-27(30-20-10-12-21(13-11-20)34-16-14-28-19(6-2)18-34)32-25(22)36(35)24-9-7-8-23(31-24)33-39(3,4)38/h5,7-13,17,19,28H,1,6,14-16,18H2,2-4H3,(H,29,30,32)/t19-/m1/s1. The van der Waals surface area contributed by atoms with Crippen molar-refractivity contribution in [1.29, 1.82) is 0 Å². The van der Waals surface area contributed by atoms with E-state index in [4.69, 9.17) is 0 Å². The van der Waals surface area contributed by atoms with Crippen molar-refractivity contribution in [3.05, 3.63) is 71.7 Å². The molecule has 12 heteroatoms. The maximum Gasteiger partial charge on any atom is 0.278 e. The molecule has 0 radical (unpaired) electrons. The first-order valence-electron chi connectivity index (χ1n) is 12.8. The first kappa shape index (κ1) is 26.6. The molecule has 0 unspecified atom stereocenters. The Labute approximate surface area is 227 Å². The highest BCUT2D eigenvalue weighted by atomic mass is 32.2. The van der Waals surface area contributed by atoms with Gasteiger partial charge in [-0.05, 0) is 42.8 Å². The van der Waals surface area contributed by atoms with Gasteiger partial charge in [0.2, 0.25) is 5.95 Å². The monoisotopic (exact) mass is 547 g/mol. The zero-order valence-corrected chi connectivity index (χ0v) is 23.2. The molecule has 0 amide bonds. The number of nitrogens with zero attached hydrogens (tertiary/aromatic N) is 7. The van der Waals surface area contributed by atoms with Gasteiger partial charge in [-0.25, -0.2) is 23.5 Å². The number of fused-ring (bicyclic) bond motifs is 1. The molecular formula is C27H33N9O2S. The Balaban J connectivity index is 1.49. The summed E-state index contributed by atoms with van der Waals surface area (Å²) in [5.74, 6) is 1.08. The van der Waals surface area contributed by atoms with E-state index in [0.717, 1.165) is 31.7 Å². The number of rotatable bonds is 8. The van der Waals surface area contributed by atoms with Gasteiger partial charge < -0.3 is 15.5 Å². The van der Waals surface area contributed by atoms with Gasteiger partial charge in [0.15, 0.2) is 17.3 Å². The van der Waals surface area contributed by atoms with Gasteiger partial charge in [0.05, 0.1) is 6.54 Å². The van der Waals surface area contributed by atoms with Crippen molar-refractivity contribution in [2.24, 2.45) is 4.36 Å². The zero-order valence-electron chi connectivity index (χ0n) is 22.4. The highest BCUT2D eigenvalue weighted by Gasteiger charge is 2.19. The van der Waals surface area contributed by atoms with Gasteiger partial charge in [-0.1, -0.05) is 19.1 Å². The lowest BCUT2D eigenvalue weighted by molar-refractivity contribution is 0.447. The number of pyridine rings is 1. The summed E-state index contributed by atoms with van der Waals surface area (Å²) >= 11 is 0. The SMILES string of the molecule is C=CCn1c(=O)c2cnc(Nc3ccc(N4CCN[C@H](CC)C4)cc3)nc2n1-c1cccc(N=S(C)(C)=O)n1. The van der Waals surface area contributed by atoms with Crippen LogP contribution in [0.4, 0.5) is 23.1 Å². The van der Waals surface area contributed by atoms with Crippen LogP contribution in [-0.4, -0.2) is 66.7 Å². The predicted molar refractivity (Wildman–Crippen MR) is 157 cm³/mol. The first-order chi connectivity index (χ1) is 18.8. The molecule has 1 aliphatic heterocycles. The quantitative estimate of drug-likeness (QED) is 0.322. The second kappa shape index (κ2) is 11.0. The van der Waals surface area contributed by atoms with Gasteiger partial charge >= 0.3 is 0 Å². The van der Waals surface area contributed by atoms with E-state index in [2.05, 4.69) is 60.5 Å². The third kappa shape index (κ3) is 5.86. The van der Waals surface area contributed by atoms with Crippen molar-refractivity contribution in [2.75, 3.05) is 42.4 Å². The van der Waals surface area contributed by atoms with E-state index in [-0.39, 0.29) is 12.1 Å². The second-order valence-electron chi connectivity index (χ2n) is 9.72. The van der Waals surface area contributed by atoms with Crippen LogP contribution in [-0.2, 0) is 16.3 Å². The van der Waals surface area contributed by atoms with E-state index in [9.17, 15) is 9.00 Å². The summed E-state index contributed by atoms with van der Waals surface area (Å²) < 4.78 is 19.5. The van der Waals surface area contributed by atoms with E-state index in [0.29, 0.717) is 34.7 Å². The van der Waals surface area contributed by atoms with Crippen LogP contribution < -0.4 is 21.1 Å². The van der Waals surface area contributed by atoms with E-state index in [1.165, 1.54) is 16.6 Å². The Bertz CT molecular complexity index is 1680. The van der Waals surface area contributed by atoms with Crippen molar-refractivity contribution in [3.63, 3.8) is 0 Å². The molecule has 0 spiro atoms. The van der Waals surface area contributed by atoms with Crippen LogP contribution in [0.3, 0.4) is 0 Å². The Hall–Kier alpha value is -4.03. The van der Waals surface area contributed by atoms with E-state index >= 15 is 0 Å². The van der Waals surface area contributed by atoms with E-state index < -0.39 is 9.73 Å². The molecule has 0 saturated carbocycles. The molecule has 0 bridgehead atoms.